The summed E-state index contributed by atoms with van der Waals surface area (Å²) in [5.74, 6) is -12.8. The molecule has 0 heterocycles. The van der Waals surface area contributed by atoms with Gasteiger partial charge in [-0.2, -0.15) is 0 Å². The molecule has 0 saturated carbocycles. The third-order valence-corrected chi connectivity index (χ3v) is 6.10. The molecule has 11 N–H and O–H groups in total. The quantitative estimate of drug-likeness (QED) is 0.0527. The van der Waals surface area contributed by atoms with Crippen molar-refractivity contribution in [1.29, 1.82) is 0 Å². The molecule has 0 aromatic rings. The van der Waals surface area contributed by atoms with E-state index in [4.69, 9.17) is 15.9 Å². The number of amides is 5. The molecule has 5 atom stereocenters. The minimum atomic E-state index is -1.65. The summed E-state index contributed by atoms with van der Waals surface area (Å²) < 4.78 is 0. The second-order valence-corrected chi connectivity index (χ2v) is 9.89. The number of carboxylic acids is 5. The van der Waals surface area contributed by atoms with Crippen LogP contribution in [0.25, 0.3) is 0 Å². The second-order valence-electron chi connectivity index (χ2n) is 9.89. The van der Waals surface area contributed by atoms with Gasteiger partial charge in [0.25, 0.3) is 0 Å². The Bertz CT molecular complexity index is 1160. The average Bonchev–Trinajstić information content (AvgIpc) is 2.91. The molecule has 0 bridgehead atoms. The van der Waals surface area contributed by atoms with E-state index in [-0.39, 0.29) is 6.42 Å². The van der Waals surface area contributed by atoms with Crippen molar-refractivity contribution in [1.82, 2.24) is 21.3 Å². The highest BCUT2D eigenvalue weighted by atomic mass is 16.4. The number of primary amides is 1. The summed E-state index contributed by atoms with van der Waals surface area (Å²) in [5.41, 5.74) is 5.00. The number of hydrogen-bond acceptors (Lipinski definition) is 10. The second kappa shape index (κ2) is 19.8. The van der Waals surface area contributed by atoms with Gasteiger partial charge >= 0.3 is 29.8 Å². The van der Waals surface area contributed by atoms with Crippen molar-refractivity contribution in [3.8, 4) is 0 Å². The Morgan fingerprint density at radius 1 is 0.511 bits per heavy atom. The van der Waals surface area contributed by atoms with E-state index >= 15 is 0 Å². The summed E-state index contributed by atoms with van der Waals surface area (Å²) in [6, 6.07) is -6.38. The Morgan fingerprint density at radius 3 is 1.07 bits per heavy atom. The lowest BCUT2D eigenvalue weighted by Gasteiger charge is -2.19. The first-order chi connectivity index (χ1) is 20.8. The van der Waals surface area contributed by atoms with E-state index in [9.17, 15) is 63.3 Å². The van der Waals surface area contributed by atoms with Crippen LogP contribution < -0.4 is 27.0 Å². The van der Waals surface area contributed by atoms with E-state index in [1.165, 1.54) is 6.92 Å². The largest absolute Gasteiger partial charge is 0.481 e. The molecule has 0 rings (SSSR count). The number of aliphatic carboxylic acids is 5. The first kappa shape index (κ1) is 39.7. The van der Waals surface area contributed by atoms with E-state index in [0.717, 1.165) is 0 Å². The maximum atomic E-state index is 12.3. The Balaban J connectivity index is 4.96. The smallest absolute Gasteiger partial charge is 0.326 e. The minimum absolute atomic E-state index is 0.349. The zero-order valence-electron chi connectivity index (χ0n) is 24.1. The van der Waals surface area contributed by atoms with Crippen LogP contribution in [0, 0.1) is 5.92 Å². The van der Waals surface area contributed by atoms with Crippen molar-refractivity contribution in [3.63, 3.8) is 0 Å². The fraction of sp³-hybridized carbons (Fsp3) is 0.600. The molecule has 0 aromatic heterocycles. The van der Waals surface area contributed by atoms with E-state index < -0.39 is 141 Å². The van der Waals surface area contributed by atoms with Crippen LogP contribution in [0.5, 0.6) is 0 Å². The van der Waals surface area contributed by atoms with Crippen molar-refractivity contribution in [3.05, 3.63) is 0 Å². The van der Waals surface area contributed by atoms with Crippen LogP contribution in [0.1, 0.15) is 64.7 Å². The van der Waals surface area contributed by atoms with Gasteiger partial charge < -0.3 is 52.5 Å². The van der Waals surface area contributed by atoms with Crippen molar-refractivity contribution < 1.29 is 73.5 Å². The number of nitrogens with one attached hydrogen (secondary N) is 4. The monoisotopic (exact) mass is 647 g/mol. The van der Waals surface area contributed by atoms with E-state index in [1.54, 1.807) is 0 Å². The lowest BCUT2D eigenvalue weighted by Crippen LogP contribution is -2.46. The maximum absolute atomic E-state index is 12.3. The third kappa shape index (κ3) is 17.4. The summed E-state index contributed by atoms with van der Waals surface area (Å²) in [4.78, 5) is 116. The SMILES string of the molecule is C[C@@H](CC(N)=O)C(=O)N[C@@H](CCC(=O)N[C@@H](CCC(=O)N[C@@H](CCC(=O)N[C@@H](CCC(=O)O)C(=O)O)C(=O)O)C(=O)O)C(=O)O. The molecule has 20 heteroatoms. The summed E-state index contributed by atoms with van der Waals surface area (Å²) in [7, 11) is 0. The summed E-state index contributed by atoms with van der Waals surface area (Å²) in [6.45, 7) is 1.33. The van der Waals surface area contributed by atoms with E-state index in [2.05, 4.69) is 21.3 Å². The maximum Gasteiger partial charge on any atom is 0.326 e. The molecule has 45 heavy (non-hydrogen) atoms. The minimum Gasteiger partial charge on any atom is -0.481 e. The highest BCUT2D eigenvalue weighted by Crippen LogP contribution is 2.07. The van der Waals surface area contributed by atoms with Crippen LogP contribution in [-0.4, -0.2) is 109 Å². The summed E-state index contributed by atoms with van der Waals surface area (Å²) in [6.07, 6.45) is -4.53. The lowest BCUT2D eigenvalue weighted by molar-refractivity contribution is -0.144. The molecule has 20 nitrogen and oxygen atoms in total. The van der Waals surface area contributed by atoms with Gasteiger partial charge in [-0.3, -0.25) is 28.8 Å². The summed E-state index contributed by atoms with van der Waals surface area (Å²) >= 11 is 0. The van der Waals surface area contributed by atoms with Crippen molar-refractivity contribution in [2.75, 3.05) is 0 Å². The van der Waals surface area contributed by atoms with Gasteiger partial charge in [-0.25, -0.2) is 19.2 Å². The molecule has 0 aliphatic carbocycles. The van der Waals surface area contributed by atoms with Crippen LogP contribution in [0.15, 0.2) is 0 Å². The lowest BCUT2D eigenvalue weighted by atomic mass is 10.0. The molecule has 0 spiro atoms. The normalized spacial score (nSPS) is 13.9. The predicted molar refractivity (Wildman–Crippen MR) is 146 cm³/mol. The fourth-order valence-electron chi connectivity index (χ4n) is 3.63. The molecular formula is C25H37N5O15. The van der Waals surface area contributed by atoms with Crippen molar-refractivity contribution in [2.45, 2.75) is 88.9 Å². The Labute approximate surface area is 255 Å². The number of nitrogens with two attached hydrogens (primary N) is 1. The van der Waals surface area contributed by atoms with Gasteiger partial charge in [-0.05, 0) is 25.7 Å². The summed E-state index contributed by atoms with van der Waals surface area (Å²) in [5, 5.41) is 54.2. The van der Waals surface area contributed by atoms with Crippen LogP contribution in [-0.2, 0) is 47.9 Å². The highest BCUT2D eigenvalue weighted by Gasteiger charge is 2.28. The van der Waals surface area contributed by atoms with E-state index in [0.29, 0.717) is 0 Å². The molecule has 0 radical (unpaired) electrons. The van der Waals surface area contributed by atoms with Gasteiger partial charge in [0.1, 0.15) is 24.2 Å². The molecule has 0 unspecified atom stereocenters. The molecule has 252 valence electrons. The molecule has 0 fully saturated rings. The number of hydrogen-bond donors (Lipinski definition) is 10. The first-order valence-electron chi connectivity index (χ1n) is 13.4. The molecule has 0 aliphatic rings. The number of rotatable bonds is 23. The standard InChI is InChI=1S/C25H37N5O15/c1-11(10-16(26)31)21(37)30-15(25(44)45)4-8-19(34)28-13(23(40)41)2-6-17(32)27-12(22(38)39)3-7-18(33)29-14(24(42)43)5-9-20(35)36/h11-15H,2-10H2,1H3,(H2,26,31)(H,27,32)(H,28,34)(H,29,33)(H,30,37)(H,35,36)(H,38,39)(H,40,41)(H,42,43)(H,44,45)/t11-,12-,13-,14-,15-/m0/s1. The number of carbonyl (C=O) groups excluding carboxylic acids is 5. The Hall–Kier alpha value is -5.30. The van der Waals surface area contributed by atoms with Gasteiger partial charge in [0, 0.05) is 38.0 Å². The molecule has 0 aromatic carbocycles. The van der Waals surface area contributed by atoms with Crippen LogP contribution in [0.3, 0.4) is 0 Å². The van der Waals surface area contributed by atoms with Crippen molar-refractivity contribution >= 4 is 59.4 Å². The number of carbonyl (C=O) groups is 10. The number of carboxylic acid groups (broad SMARTS) is 5. The average molecular weight is 648 g/mol. The Morgan fingerprint density at radius 2 is 0.800 bits per heavy atom. The Kier molecular flexibility index (Phi) is 17.5. The highest BCUT2D eigenvalue weighted by molar-refractivity contribution is 5.89. The van der Waals surface area contributed by atoms with Gasteiger partial charge in [0.05, 0.1) is 0 Å². The van der Waals surface area contributed by atoms with Crippen molar-refractivity contribution in [2.24, 2.45) is 11.7 Å². The van der Waals surface area contributed by atoms with Gasteiger partial charge in [0.15, 0.2) is 0 Å². The molecule has 5 amide bonds. The predicted octanol–water partition coefficient (Wildman–Crippen LogP) is -3.02. The molecule has 0 saturated heterocycles. The van der Waals surface area contributed by atoms with Crippen LogP contribution >= 0.6 is 0 Å². The van der Waals surface area contributed by atoms with Crippen LogP contribution in [0.4, 0.5) is 0 Å². The third-order valence-electron chi connectivity index (χ3n) is 6.10. The van der Waals surface area contributed by atoms with Crippen LogP contribution in [0.2, 0.25) is 0 Å². The first-order valence-corrected chi connectivity index (χ1v) is 13.4. The molecule has 0 aliphatic heterocycles. The van der Waals surface area contributed by atoms with E-state index in [1.807, 2.05) is 0 Å². The zero-order chi connectivity index (χ0) is 34.9. The van der Waals surface area contributed by atoms with Gasteiger partial charge in [-0.15, -0.1) is 0 Å². The fourth-order valence-corrected chi connectivity index (χ4v) is 3.63. The zero-order valence-corrected chi connectivity index (χ0v) is 24.1. The topological polar surface area (TPSA) is 346 Å². The van der Waals surface area contributed by atoms with Gasteiger partial charge in [0.2, 0.25) is 29.5 Å². The van der Waals surface area contributed by atoms with Gasteiger partial charge in [-0.1, -0.05) is 6.92 Å². The molecular weight excluding hydrogens is 610 g/mol.